The van der Waals surface area contributed by atoms with E-state index in [4.69, 9.17) is 9.47 Å². The van der Waals surface area contributed by atoms with Crippen LogP contribution in [0.1, 0.15) is 64.3 Å². The number of hydrogen-bond donors (Lipinski definition) is 1. The molecule has 0 saturated heterocycles. The number of alkyl halides is 2. The fourth-order valence-corrected chi connectivity index (χ4v) is 4.09. The predicted octanol–water partition coefficient (Wildman–Crippen LogP) is 4.39. The topological polar surface area (TPSA) is 64.6 Å². The first-order chi connectivity index (χ1) is 14.7. The second-order valence-corrected chi connectivity index (χ2v) is 8.03. The lowest BCUT2D eigenvalue weighted by Gasteiger charge is -2.27. The number of benzene rings is 2. The molecule has 31 heavy (non-hydrogen) atoms. The third-order valence-corrected chi connectivity index (χ3v) is 5.84. The number of carbonyl (C=O) groups is 2. The Morgan fingerprint density at radius 3 is 2.68 bits per heavy atom. The average Bonchev–Trinajstić information content (AvgIpc) is 2.70. The molecule has 0 radical (unpaired) electrons. The molecule has 1 aliphatic carbocycles. The summed E-state index contributed by atoms with van der Waals surface area (Å²) in [5.41, 5.74) is 1.14. The molecule has 164 valence electrons. The molecule has 0 aromatic heterocycles. The van der Waals surface area contributed by atoms with Gasteiger partial charge in [0.2, 0.25) is 0 Å². The number of amides is 1. The molecule has 1 fully saturated rings. The molecule has 1 atom stereocenters. The van der Waals surface area contributed by atoms with Gasteiger partial charge in [-0.05, 0) is 48.2 Å². The van der Waals surface area contributed by atoms with E-state index in [2.05, 4.69) is 5.32 Å². The first kappa shape index (κ1) is 21.4. The van der Waals surface area contributed by atoms with Crippen molar-refractivity contribution in [2.75, 3.05) is 13.7 Å². The monoisotopic (exact) mass is 433 g/mol. The SMILES string of the molecule is COc1cc(C2CC(=O)C2)cc(F)c1[C@H](C)NC(=O)c1ccc2c(c1)COCC2(F)F. The molecule has 1 N–H and O–H groups in total. The zero-order valence-corrected chi connectivity index (χ0v) is 17.1. The highest BCUT2D eigenvalue weighted by Crippen LogP contribution is 2.39. The van der Waals surface area contributed by atoms with Crippen molar-refractivity contribution in [2.45, 2.75) is 44.3 Å². The van der Waals surface area contributed by atoms with Gasteiger partial charge in [0.1, 0.15) is 24.0 Å². The van der Waals surface area contributed by atoms with Crippen LogP contribution in [0.3, 0.4) is 0 Å². The molecule has 1 saturated carbocycles. The Morgan fingerprint density at radius 2 is 2.00 bits per heavy atom. The number of rotatable bonds is 5. The number of fused-ring (bicyclic) bond motifs is 1. The molecule has 1 heterocycles. The van der Waals surface area contributed by atoms with E-state index in [1.807, 2.05) is 0 Å². The maximum atomic E-state index is 14.9. The maximum absolute atomic E-state index is 14.9. The fraction of sp³-hybridized carbons (Fsp3) is 0.391. The van der Waals surface area contributed by atoms with Gasteiger partial charge in [0, 0.05) is 24.0 Å². The summed E-state index contributed by atoms with van der Waals surface area (Å²) < 4.78 is 53.0. The van der Waals surface area contributed by atoms with Crippen molar-refractivity contribution in [3.8, 4) is 5.75 Å². The summed E-state index contributed by atoms with van der Waals surface area (Å²) in [4.78, 5) is 24.0. The number of Topliss-reactive ketones (excluding diaryl/α,β-unsaturated/α-hetero) is 1. The van der Waals surface area contributed by atoms with Crippen molar-refractivity contribution in [1.82, 2.24) is 5.32 Å². The minimum absolute atomic E-state index is 0.00478. The van der Waals surface area contributed by atoms with Gasteiger partial charge in [0.05, 0.1) is 25.3 Å². The molecular formula is C23H22F3NO4. The molecule has 2 aromatic carbocycles. The second-order valence-electron chi connectivity index (χ2n) is 8.03. The number of carbonyl (C=O) groups excluding carboxylic acids is 2. The fourth-order valence-electron chi connectivity index (χ4n) is 4.09. The summed E-state index contributed by atoms with van der Waals surface area (Å²) in [5, 5.41) is 2.70. The smallest absolute Gasteiger partial charge is 0.296 e. The van der Waals surface area contributed by atoms with E-state index in [1.165, 1.54) is 31.4 Å². The Bertz CT molecular complexity index is 1050. The molecule has 8 heteroatoms. The van der Waals surface area contributed by atoms with Crippen LogP contribution in [0.4, 0.5) is 13.2 Å². The Labute approximate surface area is 177 Å². The van der Waals surface area contributed by atoms with Crippen LogP contribution in [-0.4, -0.2) is 25.4 Å². The van der Waals surface area contributed by atoms with Crippen LogP contribution < -0.4 is 10.1 Å². The van der Waals surface area contributed by atoms with Crippen LogP contribution in [-0.2, 0) is 22.1 Å². The molecule has 5 nitrogen and oxygen atoms in total. The summed E-state index contributed by atoms with van der Waals surface area (Å²) in [6.45, 7) is 0.920. The molecule has 0 unspecified atom stereocenters. The van der Waals surface area contributed by atoms with Gasteiger partial charge in [-0.25, -0.2) is 4.39 Å². The zero-order valence-electron chi connectivity index (χ0n) is 17.1. The van der Waals surface area contributed by atoms with E-state index >= 15 is 0 Å². The average molecular weight is 433 g/mol. The molecule has 4 rings (SSSR count). The Hall–Kier alpha value is -2.87. The van der Waals surface area contributed by atoms with E-state index < -0.39 is 30.3 Å². The third kappa shape index (κ3) is 4.04. The van der Waals surface area contributed by atoms with E-state index in [9.17, 15) is 22.8 Å². The Balaban J connectivity index is 1.55. The van der Waals surface area contributed by atoms with Crippen LogP contribution in [0.2, 0.25) is 0 Å². The van der Waals surface area contributed by atoms with Gasteiger partial charge in [0.25, 0.3) is 11.8 Å². The minimum atomic E-state index is -3.10. The summed E-state index contributed by atoms with van der Waals surface area (Å²) in [6.07, 6.45) is 0.768. The molecule has 0 bridgehead atoms. The van der Waals surface area contributed by atoms with Crippen LogP contribution in [0.5, 0.6) is 5.75 Å². The number of nitrogens with one attached hydrogen (secondary N) is 1. The minimum Gasteiger partial charge on any atom is -0.496 e. The van der Waals surface area contributed by atoms with E-state index in [1.54, 1.807) is 13.0 Å². The first-order valence-electron chi connectivity index (χ1n) is 9.98. The van der Waals surface area contributed by atoms with Gasteiger partial charge in [0.15, 0.2) is 0 Å². The number of hydrogen-bond acceptors (Lipinski definition) is 4. The van der Waals surface area contributed by atoms with Crippen LogP contribution >= 0.6 is 0 Å². The van der Waals surface area contributed by atoms with Gasteiger partial charge in [-0.3, -0.25) is 9.59 Å². The highest BCUT2D eigenvalue weighted by Gasteiger charge is 2.38. The van der Waals surface area contributed by atoms with Gasteiger partial charge >= 0.3 is 0 Å². The maximum Gasteiger partial charge on any atom is 0.296 e. The number of methoxy groups -OCH3 is 1. The number of ketones is 1. The van der Waals surface area contributed by atoms with Crippen molar-refractivity contribution in [1.29, 1.82) is 0 Å². The molecule has 1 aliphatic heterocycles. The van der Waals surface area contributed by atoms with E-state index in [0.717, 1.165) is 0 Å². The van der Waals surface area contributed by atoms with Gasteiger partial charge in [-0.15, -0.1) is 0 Å². The molecule has 2 aromatic rings. The molecule has 2 aliphatic rings. The zero-order chi connectivity index (χ0) is 22.3. The lowest BCUT2D eigenvalue weighted by molar-refractivity contribution is -0.124. The Morgan fingerprint density at radius 1 is 1.26 bits per heavy atom. The second kappa shape index (κ2) is 8.00. The van der Waals surface area contributed by atoms with Crippen LogP contribution in [0, 0.1) is 5.82 Å². The normalized spacial score (nSPS) is 18.7. The van der Waals surface area contributed by atoms with Gasteiger partial charge < -0.3 is 14.8 Å². The third-order valence-electron chi connectivity index (χ3n) is 5.84. The molecule has 1 amide bonds. The predicted molar refractivity (Wildman–Crippen MR) is 106 cm³/mol. The summed E-state index contributed by atoms with van der Waals surface area (Å²) in [6, 6.07) is 6.24. The van der Waals surface area contributed by atoms with Gasteiger partial charge in [-0.2, -0.15) is 8.78 Å². The highest BCUT2D eigenvalue weighted by molar-refractivity contribution is 5.94. The number of ether oxygens (including phenoxy) is 2. The lowest BCUT2D eigenvalue weighted by atomic mass is 9.78. The highest BCUT2D eigenvalue weighted by atomic mass is 19.3. The van der Waals surface area contributed by atoms with Crippen LogP contribution in [0.15, 0.2) is 30.3 Å². The van der Waals surface area contributed by atoms with Crippen molar-refractivity contribution in [2.24, 2.45) is 0 Å². The summed E-state index contributed by atoms with van der Waals surface area (Å²) in [7, 11) is 1.41. The van der Waals surface area contributed by atoms with Crippen LogP contribution in [0.25, 0.3) is 0 Å². The molecule has 0 spiro atoms. The van der Waals surface area contributed by atoms with E-state index in [0.29, 0.717) is 18.4 Å². The standard InChI is InChI=1S/C23H22F3NO4/c1-12(21-19(24)8-15(9-20(21)30-2)14-6-17(28)7-14)27-22(29)13-3-4-18-16(5-13)10-31-11-23(18,25)26/h3-5,8-9,12,14H,6-7,10-11H2,1-2H3,(H,27,29)/t12-/m0/s1. The van der Waals surface area contributed by atoms with Crippen molar-refractivity contribution < 1.29 is 32.2 Å². The quantitative estimate of drug-likeness (QED) is 0.760. The summed E-state index contributed by atoms with van der Waals surface area (Å²) >= 11 is 0. The van der Waals surface area contributed by atoms with Gasteiger partial charge in [-0.1, -0.05) is 6.07 Å². The Kier molecular flexibility index (Phi) is 5.51. The first-order valence-corrected chi connectivity index (χ1v) is 9.98. The number of halogens is 3. The summed E-state index contributed by atoms with van der Waals surface area (Å²) in [5.74, 6) is -3.77. The van der Waals surface area contributed by atoms with Crippen molar-refractivity contribution in [3.63, 3.8) is 0 Å². The largest absolute Gasteiger partial charge is 0.496 e. The van der Waals surface area contributed by atoms with E-state index in [-0.39, 0.29) is 46.3 Å². The lowest BCUT2D eigenvalue weighted by Crippen LogP contribution is -2.30. The van der Waals surface area contributed by atoms with Crippen molar-refractivity contribution >= 4 is 11.7 Å². The molecular weight excluding hydrogens is 411 g/mol. The van der Waals surface area contributed by atoms with Crippen molar-refractivity contribution in [3.05, 3.63) is 64.0 Å².